The lowest BCUT2D eigenvalue weighted by molar-refractivity contribution is -0.700. The van der Waals surface area contributed by atoms with Gasteiger partial charge in [0.25, 0.3) is 0 Å². The first-order chi connectivity index (χ1) is 18.0. The van der Waals surface area contributed by atoms with Crippen LogP contribution in [0.15, 0.2) is 48.8 Å². The van der Waals surface area contributed by atoms with Crippen molar-refractivity contribution in [1.29, 1.82) is 0 Å². The molecule has 0 aliphatic rings. The number of halogens is 2. The lowest BCUT2D eigenvalue weighted by Gasteiger charge is -2.25. The molecule has 37 heavy (non-hydrogen) atoms. The molecule has 1 aromatic heterocycles. The van der Waals surface area contributed by atoms with E-state index in [0.717, 1.165) is 55.5 Å². The second-order valence-electron chi connectivity index (χ2n) is 9.77. The van der Waals surface area contributed by atoms with E-state index in [2.05, 4.69) is 61.8 Å². The van der Waals surface area contributed by atoms with Gasteiger partial charge >= 0.3 is 0 Å². The molecule has 3 nitrogen and oxygen atoms in total. The fourth-order valence-corrected chi connectivity index (χ4v) is 4.77. The summed E-state index contributed by atoms with van der Waals surface area (Å²) in [6.07, 6.45) is 11.7. The van der Waals surface area contributed by atoms with Gasteiger partial charge in [0.1, 0.15) is 6.54 Å². The first-order valence-corrected chi connectivity index (χ1v) is 14.1. The summed E-state index contributed by atoms with van der Waals surface area (Å²) < 4.78 is 31.3. The fraction of sp³-hybridized carbons (Fsp3) is 0.469. The van der Waals surface area contributed by atoms with E-state index in [-0.39, 0.29) is 5.56 Å². The van der Waals surface area contributed by atoms with Crippen LogP contribution in [0.3, 0.4) is 0 Å². The summed E-state index contributed by atoms with van der Waals surface area (Å²) in [5, 5.41) is 2.22. The summed E-state index contributed by atoms with van der Waals surface area (Å²) in [4.78, 5) is 4.78. The molecule has 0 fully saturated rings. The lowest BCUT2D eigenvalue weighted by Crippen LogP contribution is -2.37. The number of anilines is 1. The number of pyridine rings is 1. The van der Waals surface area contributed by atoms with Gasteiger partial charge in [0.05, 0.1) is 5.56 Å². The second kappa shape index (κ2) is 14.8. The van der Waals surface area contributed by atoms with Crippen LogP contribution in [0.2, 0.25) is 0 Å². The van der Waals surface area contributed by atoms with Gasteiger partial charge in [-0.1, -0.05) is 70.9 Å². The minimum absolute atomic E-state index is 0.000998. The molecule has 5 heteroatoms. The molecule has 0 radical (unpaired) electrons. The Morgan fingerprint density at radius 2 is 1.46 bits per heavy atom. The van der Waals surface area contributed by atoms with Gasteiger partial charge in [-0.15, -0.1) is 0 Å². The molecule has 3 aromatic rings. The molecule has 0 amide bonds. The first-order valence-electron chi connectivity index (χ1n) is 14.1. The second-order valence-corrected chi connectivity index (χ2v) is 9.77. The average molecular weight is 509 g/mol. The van der Waals surface area contributed by atoms with E-state index in [1.165, 1.54) is 43.8 Å². The standard InChI is InChI=1S/C32H44F2N3/c1-5-9-21-37(22-10-6-2)28-16-18-29-26(13-11-14-27(29)23-28)15-17-30-31(33)24-36(25-32(30)34)20-12-19-35(7-3)8-4/h11,13-18,23-25H,5-10,12,19-22H2,1-4H3/q+1/b17-15+. The van der Waals surface area contributed by atoms with E-state index in [0.29, 0.717) is 6.54 Å². The van der Waals surface area contributed by atoms with Crippen molar-refractivity contribution in [3.8, 4) is 0 Å². The number of benzene rings is 2. The smallest absolute Gasteiger partial charge is 0.205 e. The number of nitrogens with zero attached hydrogens (tertiary/aromatic N) is 3. The molecule has 0 spiro atoms. The molecule has 0 unspecified atom stereocenters. The number of fused-ring (bicyclic) bond motifs is 1. The van der Waals surface area contributed by atoms with Crippen LogP contribution < -0.4 is 9.47 Å². The van der Waals surface area contributed by atoms with E-state index in [1.807, 2.05) is 18.2 Å². The molecule has 1 heterocycles. The van der Waals surface area contributed by atoms with Crippen molar-refractivity contribution in [2.45, 2.75) is 66.3 Å². The molecule has 0 saturated heterocycles. The van der Waals surface area contributed by atoms with Crippen LogP contribution in [0.25, 0.3) is 22.9 Å². The quantitative estimate of drug-likeness (QED) is 0.195. The Hall–Kier alpha value is -2.79. The van der Waals surface area contributed by atoms with Gasteiger partial charge < -0.3 is 9.80 Å². The van der Waals surface area contributed by atoms with Crippen molar-refractivity contribution in [2.24, 2.45) is 0 Å². The lowest BCUT2D eigenvalue weighted by atomic mass is 10.0. The van der Waals surface area contributed by atoms with Gasteiger partial charge in [0.2, 0.25) is 12.4 Å². The van der Waals surface area contributed by atoms with E-state index in [4.69, 9.17) is 0 Å². The van der Waals surface area contributed by atoms with Crippen molar-refractivity contribution >= 4 is 28.6 Å². The van der Waals surface area contributed by atoms with Crippen LogP contribution in [0, 0.1) is 11.6 Å². The highest BCUT2D eigenvalue weighted by atomic mass is 19.1. The number of rotatable bonds is 15. The fourth-order valence-electron chi connectivity index (χ4n) is 4.77. The predicted octanol–water partition coefficient (Wildman–Crippen LogP) is 7.71. The summed E-state index contributed by atoms with van der Waals surface area (Å²) in [6.45, 7) is 14.3. The van der Waals surface area contributed by atoms with Crippen LogP contribution in [-0.2, 0) is 6.54 Å². The number of hydrogen-bond donors (Lipinski definition) is 0. The topological polar surface area (TPSA) is 10.4 Å². The largest absolute Gasteiger partial charge is 0.372 e. The molecule has 0 aliphatic carbocycles. The van der Waals surface area contributed by atoms with Crippen LogP contribution >= 0.6 is 0 Å². The number of hydrogen-bond acceptors (Lipinski definition) is 2. The van der Waals surface area contributed by atoms with Gasteiger partial charge in [-0.3, -0.25) is 0 Å². The minimum atomic E-state index is -0.538. The Morgan fingerprint density at radius 3 is 2.08 bits per heavy atom. The molecule has 0 saturated carbocycles. The maximum atomic E-state index is 14.9. The SMILES string of the molecule is CCCCN(CCCC)c1ccc2c(/C=C/c3c(F)c[n+](CCCN(CC)CC)cc3F)cccc2c1. The van der Waals surface area contributed by atoms with Crippen molar-refractivity contribution < 1.29 is 13.3 Å². The zero-order valence-corrected chi connectivity index (χ0v) is 23.1. The maximum Gasteiger partial charge on any atom is 0.205 e. The highest BCUT2D eigenvalue weighted by molar-refractivity contribution is 5.94. The summed E-state index contributed by atoms with van der Waals surface area (Å²) in [6, 6.07) is 12.7. The molecule has 2 aromatic carbocycles. The monoisotopic (exact) mass is 508 g/mol. The Bertz CT molecular complexity index is 1120. The molecule has 0 N–H and O–H groups in total. The molecule has 200 valence electrons. The highest BCUT2D eigenvalue weighted by Crippen LogP contribution is 2.27. The molecular weight excluding hydrogens is 464 g/mol. The summed E-state index contributed by atoms with van der Waals surface area (Å²) in [5.41, 5.74) is 2.19. The van der Waals surface area contributed by atoms with Crippen LogP contribution in [0.1, 0.15) is 70.9 Å². The predicted molar refractivity (Wildman–Crippen MR) is 154 cm³/mol. The van der Waals surface area contributed by atoms with E-state index in [9.17, 15) is 8.78 Å². The van der Waals surface area contributed by atoms with Crippen LogP contribution in [0.5, 0.6) is 0 Å². The van der Waals surface area contributed by atoms with E-state index < -0.39 is 11.6 Å². The first kappa shape index (κ1) is 28.8. The molecule has 0 atom stereocenters. The van der Waals surface area contributed by atoms with Gasteiger partial charge in [0, 0.05) is 31.7 Å². The Kier molecular flexibility index (Phi) is 11.5. The number of aromatic nitrogens is 1. The third kappa shape index (κ3) is 8.10. The van der Waals surface area contributed by atoms with Crippen molar-refractivity contribution in [1.82, 2.24) is 4.90 Å². The highest BCUT2D eigenvalue weighted by Gasteiger charge is 2.15. The van der Waals surface area contributed by atoms with Crippen LogP contribution in [0.4, 0.5) is 14.5 Å². The molecule has 0 aliphatic heterocycles. The van der Waals surface area contributed by atoms with Gasteiger partial charge in [-0.05, 0) is 60.5 Å². The summed E-state index contributed by atoms with van der Waals surface area (Å²) in [5.74, 6) is -1.08. The molecule has 0 bridgehead atoms. The Labute approximate surface area is 222 Å². The van der Waals surface area contributed by atoms with E-state index >= 15 is 0 Å². The zero-order valence-electron chi connectivity index (χ0n) is 23.1. The number of aryl methyl sites for hydroxylation is 1. The normalized spacial score (nSPS) is 11.8. The Morgan fingerprint density at radius 1 is 0.784 bits per heavy atom. The summed E-state index contributed by atoms with van der Waals surface area (Å²) in [7, 11) is 0. The van der Waals surface area contributed by atoms with Gasteiger partial charge in [0.15, 0.2) is 11.6 Å². The average Bonchev–Trinajstić information content (AvgIpc) is 2.90. The number of unbranched alkanes of at least 4 members (excludes halogenated alkanes) is 2. The van der Waals surface area contributed by atoms with Gasteiger partial charge in [-0.2, -0.15) is 13.3 Å². The van der Waals surface area contributed by atoms with Crippen molar-refractivity contribution in [3.63, 3.8) is 0 Å². The molecular formula is C32H44F2N3+. The zero-order chi connectivity index (χ0) is 26.6. The molecule has 3 rings (SSSR count). The van der Waals surface area contributed by atoms with Crippen molar-refractivity contribution in [3.05, 3.63) is 71.6 Å². The van der Waals surface area contributed by atoms with Gasteiger partial charge in [-0.25, -0.2) is 0 Å². The minimum Gasteiger partial charge on any atom is -0.372 e. The maximum absolute atomic E-state index is 14.9. The third-order valence-electron chi connectivity index (χ3n) is 7.11. The van der Waals surface area contributed by atoms with E-state index in [1.54, 1.807) is 10.6 Å². The Balaban J connectivity index is 1.79. The van der Waals surface area contributed by atoms with Crippen LogP contribution in [-0.4, -0.2) is 37.6 Å². The summed E-state index contributed by atoms with van der Waals surface area (Å²) >= 11 is 0. The third-order valence-corrected chi connectivity index (χ3v) is 7.11. The van der Waals surface area contributed by atoms with Crippen molar-refractivity contribution in [2.75, 3.05) is 37.6 Å².